The van der Waals surface area contributed by atoms with Crippen molar-refractivity contribution in [3.05, 3.63) is 29.8 Å². The Labute approximate surface area is 112 Å². The lowest BCUT2D eigenvalue weighted by Gasteiger charge is -2.23. The Hall–Kier alpha value is -1.42. The molecular weight excluding hydrogens is 241 g/mol. The predicted molar refractivity (Wildman–Crippen MR) is 74.6 cm³/mol. The fourth-order valence-corrected chi connectivity index (χ4v) is 2.92. The van der Waals surface area contributed by atoms with Gasteiger partial charge in [0.1, 0.15) is 11.6 Å². The number of fused-ring (bicyclic) bond motifs is 1. The lowest BCUT2D eigenvalue weighted by atomic mass is 10.0. The van der Waals surface area contributed by atoms with Crippen molar-refractivity contribution in [2.24, 2.45) is 0 Å². The van der Waals surface area contributed by atoms with E-state index in [4.69, 9.17) is 0 Å². The lowest BCUT2D eigenvalue weighted by molar-refractivity contribution is 0.386. The average Bonchev–Trinajstić information content (AvgIpc) is 2.78. The molecule has 19 heavy (non-hydrogen) atoms. The summed E-state index contributed by atoms with van der Waals surface area (Å²) < 4.78 is 15.6. The van der Waals surface area contributed by atoms with Crippen LogP contribution in [0.25, 0.3) is 11.0 Å². The minimum Gasteiger partial charge on any atom is -0.327 e. The zero-order chi connectivity index (χ0) is 13.2. The smallest absolute Gasteiger partial charge is 0.127 e. The van der Waals surface area contributed by atoms with Crippen molar-refractivity contribution < 1.29 is 4.39 Å². The predicted octanol–water partition coefficient (Wildman–Crippen LogP) is 3.40. The summed E-state index contributed by atoms with van der Waals surface area (Å²) in [6, 6.07) is 5.22. The van der Waals surface area contributed by atoms with Crippen LogP contribution >= 0.6 is 0 Å². The van der Waals surface area contributed by atoms with Gasteiger partial charge in [0.25, 0.3) is 0 Å². The Balaban J connectivity index is 2.08. The van der Waals surface area contributed by atoms with E-state index in [1.807, 2.05) is 6.07 Å². The Morgan fingerprint density at radius 1 is 1.42 bits per heavy atom. The van der Waals surface area contributed by atoms with Crippen molar-refractivity contribution >= 4 is 11.0 Å². The quantitative estimate of drug-likeness (QED) is 0.917. The van der Waals surface area contributed by atoms with Crippen LogP contribution in [-0.4, -0.2) is 16.1 Å². The van der Waals surface area contributed by atoms with Crippen LogP contribution in [0.5, 0.6) is 0 Å². The molecule has 1 unspecified atom stereocenters. The number of aromatic nitrogens is 2. The first-order chi connectivity index (χ1) is 9.29. The minimum atomic E-state index is -0.211. The van der Waals surface area contributed by atoms with Crippen molar-refractivity contribution in [2.75, 3.05) is 6.54 Å². The summed E-state index contributed by atoms with van der Waals surface area (Å²) in [6.45, 7) is 4.15. The van der Waals surface area contributed by atoms with E-state index < -0.39 is 0 Å². The topological polar surface area (TPSA) is 29.9 Å². The number of nitrogens with zero attached hydrogens (tertiary/aromatic N) is 2. The van der Waals surface area contributed by atoms with Gasteiger partial charge in [0, 0.05) is 12.6 Å². The van der Waals surface area contributed by atoms with Crippen LogP contribution in [0.1, 0.15) is 44.5 Å². The number of piperidine rings is 1. The second kappa shape index (κ2) is 5.29. The molecule has 2 aromatic rings. The van der Waals surface area contributed by atoms with Gasteiger partial charge in [-0.25, -0.2) is 9.37 Å². The van der Waals surface area contributed by atoms with Gasteiger partial charge in [0.2, 0.25) is 0 Å². The molecule has 1 fully saturated rings. The highest BCUT2D eigenvalue weighted by molar-refractivity contribution is 5.76. The molecule has 1 N–H and O–H groups in total. The van der Waals surface area contributed by atoms with Gasteiger partial charge in [-0.3, -0.25) is 0 Å². The van der Waals surface area contributed by atoms with Gasteiger partial charge in [0.15, 0.2) is 0 Å². The Morgan fingerprint density at radius 2 is 2.32 bits per heavy atom. The van der Waals surface area contributed by atoms with Crippen molar-refractivity contribution in [3.8, 4) is 0 Å². The second-order valence-electron chi connectivity index (χ2n) is 5.26. The zero-order valence-electron chi connectivity index (χ0n) is 11.3. The van der Waals surface area contributed by atoms with Crippen molar-refractivity contribution in [3.63, 3.8) is 0 Å². The Morgan fingerprint density at radius 3 is 3.05 bits per heavy atom. The number of nitrogens with one attached hydrogen (secondary N) is 1. The van der Waals surface area contributed by atoms with Gasteiger partial charge in [-0.2, -0.15) is 0 Å². The molecule has 0 saturated carbocycles. The normalized spacial score (nSPS) is 20.0. The largest absolute Gasteiger partial charge is 0.327 e. The highest BCUT2D eigenvalue weighted by Gasteiger charge is 2.21. The molecule has 1 aliphatic rings. The Bertz CT molecular complexity index is 570. The van der Waals surface area contributed by atoms with Crippen molar-refractivity contribution in [2.45, 2.75) is 45.2 Å². The van der Waals surface area contributed by atoms with Crippen LogP contribution in [0.4, 0.5) is 4.39 Å². The zero-order valence-corrected chi connectivity index (χ0v) is 11.3. The van der Waals surface area contributed by atoms with Crippen molar-refractivity contribution in [1.82, 2.24) is 14.9 Å². The number of hydrogen-bond acceptors (Lipinski definition) is 2. The van der Waals surface area contributed by atoms with Crippen molar-refractivity contribution in [1.29, 1.82) is 0 Å². The summed E-state index contributed by atoms with van der Waals surface area (Å²) in [7, 11) is 0. The molecule has 102 valence electrons. The van der Waals surface area contributed by atoms with Gasteiger partial charge < -0.3 is 9.88 Å². The fraction of sp³-hybridized carbons (Fsp3) is 0.533. The molecule has 0 radical (unpaired) electrons. The summed E-state index contributed by atoms with van der Waals surface area (Å²) >= 11 is 0. The molecule has 4 heteroatoms. The molecule has 0 aliphatic carbocycles. The van der Waals surface area contributed by atoms with Crippen LogP contribution in [0, 0.1) is 5.82 Å². The number of aryl methyl sites for hydroxylation is 1. The maximum Gasteiger partial charge on any atom is 0.127 e. The van der Waals surface area contributed by atoms with Gasteiger partial charge >= 0.3 is 0 Å². The highest BCUT2D eigenvalue weighted by atomic mass is 19.1. The van der Waals surface area contributed by atoms with E-state index in [9.17, 15) is 4.39 Å². The lowest BCUT2D eigenvalue weighted by Crippen LogP contribution is -2.29. The standard InChI is InChI=1S/C15H20FN3/c1-2-9-19-14-7-6-11(16)10-13(14)18-15(19)12-5-3-4-8-17-12/h6-7,10,12,17H,2-5,8-9H2,1H3. The maximum absolute atomic E-state index is 13.3. The van der Waals surface area contributed by atoms with Crippen LogP contribution in [0.3, 0.4) is 0 Å². The summed E-state index contributed by atoms with van der Waals surface area (Å²) in [4.78, 5) is 4.68. The molecule has 1 aromatic heterocycles. The van der Waals surface area contributed by atoms with Crippen LogP contribution in [-0.2, 0) is 6.54 Å². The highest BCUT2D eigenvalue weighted by Crippen LogP contribution is 2.27. The van der Waals surface area contributed by atoms with E-state index in [-0.39, 0.29) is 5.82 Å². The number of hydrogen-bond donors (Lipinski definition) is 1. The third-order valence-electron chi connectivity index (χ3n) is 3.81. The molecule has 3 nitrogen and oxygen atoms in total. The summed E-state index contributed by atoms with van der Waals surface area (Å²) in [5.74, 6) is 0.860. The molecule has 1 atom stereocenters. The maximum atomic E-state index is 13.3. The fourth-order valence-electron chi connectivity index (χ4n) is 2.92. The first kappa shape index (κ1) is 12.6. The number of imidazole rings is 1. The minimum absolute atomic E-state index is 0.211. The van der Waals surface area contributed by atoms with Gasteiger partial charge in [-0.05, 0) is 37.9 Å². The van der Waals surface area contributed by atoms with Crippen LogP contribution < -0.4 is 5.32 Å². The molecule has 0 amide bonds. The molecule has 0 bridgehead atoms. The second-order valence-corrected chi connectivity index (χ2v) is 5.26. The summed E-state index contributed by atoms with van der Waals surface area (Å²) in [5, 5.41) is 3.53. The first-order valence-electron chi connectivity index (χ1n) is 7.18. The monoisotopic (exact) mass is 261 g/mol. The van der Waals surface area contributed by atoms with E-state index in [0.717, 1.165) is 42.8 Å². The van der Waals surface area contributed by atoms with E-state index in [2.05, 4.69) is 21.8 Å². The summed E-state index contributed by atoms with van der Waals surface area (Å²) in [5.41, 5.74) is 1.82. The molecular formula is C15H20FN3. The molecule has 1 aliphatic heterocycles. The summed E-state index contributed by atoms with van der Waals surface area (Å²) in [6.07, 6.45) is 4.65. The first-order valence-corrected chi connectivity index (χ1v) is 7.18. The SMILES string of the molecule is CCCn1c(C2CCCCN2)nc2cc(F)ccc21. The average molecular weight is 261 g/mol. The van der Waals surface area contributed by atoms with Gasteiger partial charge in [-0.15, -0.1) is 0 Å². The third kappa shape index (κ3) is 2.37. The molecule has 3 rings (SSSR count). The van der Waals surface area contributed by atoms with E-state index in [0.29, 0.717) is 6.04 Å². The molecule has 0 spiro atoms. The van der Waals surface area contributed by atoms with Crippen LogP contribution in [0.15, 0.2) is 18.2 Å². The van der Waals surface area contributed by atoms with Gasteiger partial charge in [0.05, 0.1) is 17.1 Å². The van der Waals surface area contributed by atoms with E-state index in [1.54, 1.807) is 0 Å². The molecule has 1 saturated heterocycles. The van der Waals surface area contributed by atoms with E-state index in [1.165, 1.54) is 25.0 Å². The van der Waals surface area contributed by atoms with Crippen LogP contribution in [0.2, 0.25) is 0 Å². The third-order valence-corrected chi connectivity index (χ3v) is 3.81. The number of benzene rings is 1. The van der Waals surface area contributed by atoms with Gasteiger partial charge in [-0.1, -0.05) is 13.3 Å². The Kier molecular flexibility index (Phi) is 3.51. The number of halogens is 1. The molecule has 1 aromatic carbocycles. The molecule has 2 heterocycles. The number of rotatable bonds is 3. The van der Waals surface area contributed by atoms with E-state index >= 15 is 0 Å².